The van der Waals surface area contributed by atoms with Crippen LogP contribution in [0.3, 0.4) is 0 Å². The van der Waals surface area contributed by atoms with E-state index in [0.717, 1.165) is 0 Å². The Labute approximate surface area is 253 Å². The van der Waals surface area contributed by atoms with Gasteiger partial charge >= 0.3 is 12.2 Å². The molecule has 232 valence electrons. The zero-order chi connectivity index (χ0) is 31.4. The number of rotatable bonds is 4. The summed E-state index contributed by atoms with van der Waals surface area (Å²) < 4.78 is 16.8. The van der Waals surface area contributed by atoms with E-state index in [1.54, 1.807) is 68.1 Å². The van der Waals surface area contributed by atoms with Gasteiger partial charge in [0.05, 0.1) is 0 Å². The van der Waals surface area contributed by atoms with Crippen molar-refractivity contribution in [3.8, 4) is 11.5 Å². The first-order chi connectivity index (χ1) is 20.2. The molecule has 11 nitrogen and oxygen atoms in total. The quantitative estimate of drug-likeness (QED) is 0.497. The minimum absolute atomic E-state index is 0.106. The van der Waals surface area contributed by atoms with Gasteiger partial charge in [0.2, 0.25) is 0 Å². The average molecular weight is 595 g/mol. The summed E-state index contributed by atoms with van der Waals surface area (Å²) in [7, 11) is 0. The van der Waals surface area contributed by atoms with Crippen molar-refractivity contribution in [1.29, 1.82) is 0 Å². The molecule has 0 atom stereocenters. The van der Waals surface area contributed by atoms with E-state index < -0.39 is 11.2 Å². The molecular weight excluding hydrogens is 552 g/mol. The van der Waals surface area contributed by atoms with Crippen LogP contribution in [0.15, 0.2) is 48.5 Å². The van der Waals surface area contributed by atoms with Crippen molar-refractivity contribution in [2.75, 3.05) is 52.4 Å². The Morgan fingerprint density at radius 1 is 0.488 bits per heavy atom. The van der Waals surface area contributed by atoms with Crippen molar-refractivity contribution >= 4 is 24.0 Å². The van der Waals surface area contributed by atoms with E-state index in [0.29, 0.717) is 75.0 Å². The highest BCUT2D eigenvalue weighted by Gasteiger charge is 2.29. The van der Waals surface area contributed by atoms with Gasteiger partial charge in [0.25, 0.3) is 11.8 Å². The number of carbonyl (C=O) groups excluding carboxylic acids is 4. The monoisotopic (exact) mass is 594 g/mol. The van der Waals surface area contributed by atoms with E-state index in [2.05, 4.69) is 0 Å². The normalized spacial score (nSPS) is 16.0. The molecule has 0 saturated carbocycles. The third-order valence-electron chi connectivity index (χ3n) is 6.88. The summed E-state index contributed by atoms with van der Waals surface area (Å²) in [6.07, 6.45) is -0.728. The highest BCUT2D eigenvalue weighted by Crippen LogP contribution is 2.24. The fourth-order valence-corrected chi connectivity index (χ4v) is 4.67. The Bertz CT molecular complexity index is 1200. The van der Waals surface area contributed by atoms with Gasteiger partial charge in [0.1, 0.15) is 22.7 Å². The molecule has 4 amide bonds. The number of benzene rings is 2. The number of amides is 4. The summed E-state index contributed by atoms with van der Waals surface area (Å²) in [4.78, 5) is 57.3. The average Bonchev–Trinajstić information content (AvgIpc) is 2.96. The summed E-state index contributed by atoms with van der Waals surface area (Å²) in [5.41, 5.74) is -0.0544. The topological polar surface area (TPSA) is 109 Å². The molecule has 0 spiro atoms. The Hall–Kier alpha value is -4.28. The van der Waals surface area contributed by atoms with Crippen LogP contribution < -0.4 is 4.74 Å². The van der Waals surface area contributed by atoms with E-state index in [-0.39, 0.29) is 24.0 Å². The minimum atomic E-state index is -0.560. The number of piperazine rings is 2. The van der Waals surface area contributed by atoms with Crippen molar-refractivity contribution in [2.24, 2.45) is 0 Å². The lowest BCUT2D eigenvalue weighted by molar-refractivity contribution is 0.0136. The Morgan fingerprint density at radius 2 is 0.767 bits per heavy atom. The maximum absolute atomic E-state index is 13.0. The molecule has 0 unspecified atom stereocenters. The molecule has 2 saturated heterocycles. The van der Waals surface area contributed by atoms with E-state index in [9.17, 15) is 19.2 Å². The van der Waals surface area contributed by atoms with Crippen molar-refractivity contribution in [3.63, 3.8) is 0 Å². The lowest BCUT2D eigenvalue weighted by Gasteiger charge is -2.35. The summed E-state index contributed by atoms with van der Waals surface area (Å²) >= 11 is 0. The number of carbonyl (C=O) groups is 4. The van der Waals surface area contributed by atoms with Gasteiger partial charge in [-0.05, 0) is 90.1 Å². The van der Waals surface area contributed by atoms with Gasteiger partial charge in [-0.1, -0.05) is 0 Å². The van der Waals surface area contributed by atoms with Gasteiger partial charge in [0, 0.05) is 63.5 Å². The smallest absolute Gasteiger partial charge is 0.410 e. The lowest BCUT2D eigenvalue weighted by atomic mass is 10.1. The van der Waals surface area contributed by atoms with Gasteiger partial charge in [-0.25, -0.2) is 9.59 Å². The molecule has 4 rings (SSSR count). The number of ether oxygens (including phenoxy) is 3. The van der Waals surface area contributed by atoms with E-state index in [4.69, 9.17) is 14.2 Å². The van der Waals surface area contributed by atoms with Gasteiger partial charge in [-0.2, -0.15) is 0 Å². The Balaban J connectivity index is 1.25. The van der Waals surface area contributed by atoms with Crippen molar-refractivity contribution < 1.29 is 33.4 Å². The summed E-state index contributed by atoms with van der Waals surface area (Å²) in [6, 6.07) is 13.8. The van der Waals surface area contributed by atoms with Crippen LogP contribution in [0.1, 0.15) is 62.3 Å². The molecule has 2 aromatic carbocycles. The first-order valence-electron chi connectivity index (χ1n) is 14.6. The molecule has 43 heavy (non-hydrogen) atoms. The zero-order valence-electron chi connectivity index (χ0n) is 25.9. The number of hydrogen-bond donors (Lipinski definition) is 0. The third kappa shape index (κ3) is 8.86. The van der Waals surface area contributed by atoms with Gasteiger partial charge in [0.15, 0.2) is 0 Å². The fourth-order valence-electron chi connectivity index (χ4n) is 4.67. The van der Waals surface area contributed by atoms with E-state index in [1.807, 2.05) is 41.5 Å². The fraction of sp³-hybridized carbons (Fsp3) is 0.500. The predicted molar refractivity (Wildman–Crippen MR) is 160 cm³/mol. The lowest BCUT2D eigenvalue weighted by Crippen LogP contribution is -2.51. The molecule has 0 bridgehead atoms. The first-order valence-corrected chi connectivity index (χ1v) is 14.6. The predicted octanol–water partition coefficient (Wildman–Crippen LogP) is 4.86. The van der Waals surface area contributed by atoms with Crippen LogP contribution in [0, 0.1) is 0 Å². The number of hydrogen-bond acceptors (Lipinski definition) is 7. The van der Waals surface area contributed by atoms with Crippen LogP contribution in [-0.2, 0) is 9.47 Å². The maximum atomic E-state index is 13.0. The van der Waals surface area contributed by atoms with Crippen molar-refractivity contribution in [3.05, 3.63) is 59.7 Å². The van der Waals surface area contributed by atoms with Crippen LogP contribution in [0.2, 0.25) is 0 Å². The molecular formula is C32H42N4O7. The Kier molecular flexibility index (Phi) is 9.52. The molecule has 2 aliphatic rings. The molecule has 0 radical (unpaired) electrons. The van der Waals surface area contributed by atoms with Crippen molar-refractivity contribution in [1.82, 2.24) is 19.6 Å². The molecule has 11 heteroatoms. The largest absolute Gasteiger partial charge is 0.457 e. The van der Waals surface area contributed by atoms with Crippen molar-refractivity contribution in [2.45, 2.75) is 52.7 Å². The van der Waals surface area contributed by atoms with Crippen LogP contribution in [0.4, 0.5) is 9.59 Å². The second-order valence-corrected chi connectivity index (χ2v) is 12.7. The van der Waals surface area contributed by atoms with Gasteiger partial charge < -0.3 is 33.8 Å². The summed E-state index contributed by atoms with van der Waals surface area (Å²) in [5.74, 6) is 0.905. The summed E-state index contributed by atoms with van der Waals surface area (Å²) in [5, 5.41) is 0. The highest BCUT2D eigenvalue weighted by molar-refractivity contribution is 5.95. The third-order valence-corrected chi connectivity index (χ3v) is 6.88. The van der Waals surface area contributed by atoms with Crippen LogP contribution in [-0.4, -0.2) is 107 Å². The number of nitrogens with zero attached hydrogens (tertiary/aromatic N) is 4. The minimum Gasteiger partial charge on any atom is -0.457 e. The molecule has 0 aromatic heterocycles. The molecule has 2 fully saturated rings. The molecule has 2 heterocycles. The van der Waals surface area contributed by atoms with E-state index >= 15 is 0 Å². The molecule has 2 aliphatic heterocycles. The molecule has 0 aliphatic carbocycles. The van der Waals surface area contributed by atoms with Gasteiger partial charge in [-0.15, -0.1) is 0 Å². The second kappa shape index (κ2) is 12.9. The second-order valence-electron chi connectivity index (χ2n) is 12.7. The van der Waals surface area contributed by atoms with Crippen LogP contribution in [0.25, 0.3) is 0 Å². The highest BCUT2D eigenvalue weighted by atomic mass is 16.6. The van der Waals surface area contributed by atoms with E-state index in [1.165, 1.54) is 0 Å². The van der Waals surface area contributed by atoms with Crippen LogP contribution >= 0.6 is 0 Å². The first kappa shape index (κ1) is 31.7. The summed E-state index contributed by atoms with van der Waals surface area (Å²) in [6.45, 7) is 14.4. The van der Waals surface area contributed by atoms with Crippen LogP contribution in [0.5, 0.6) is 11.5 Å². The Morgan fingerprint density at radius 3 is 1.05 bits per heavy atom. The maximum Gasteiger partial charge on any atom is 0.410 e. The SMILES string of the molecule is CC(C)(C)OC(=O)N1CCN(C(=O)c2ccc(Oc3ccc(C(=O)N4CCN(C(=O)OC(C)(C)C)CC4)cc3)cc2)CC1. The molecule has 0 N–H and O–H groups in total. The standard InChI is InChI=1S/C32H42N4O7/c1-31(2,3)42-29(39)35-19-15-33(16-20-35)27(37)23-7-11-25(12-8-23)41-26-13-9-24(10-14-26)28(38)34-17-21-36(22-18-34)30(40)43-32(4,5)6/h7-14H,15-22H2,1-6H3. The zero-order valence-corrected chi connectivity index (χ0v) is 25.9. The van der Waals surface area contributed by atoms with Gasteiger partial charge in [-0.3, -0.25) is 9.59 Å². The molecule has 2 aromatic rings.